The summed E-state index contributed by atoms with van der Waals surface area (Å²) in [5, 5.41) is 11.6. The first-order valence-corrected chi connectivity index (χ1v) is 5.05. The van der Waals surface area contributed by atoms with Gasteiger partial charge in [0.25, 0.3) is 5.91 Å². The lowest BCUT2D eigenvalue weighted by atomic mass is 10.2. The van der Waals surface area contributed by atoms with Crippen LogP contribution in [0.3, 0.4) is 0 Å². The highest BCUT2D eigenvalue weighted by atomic mass is 35.5. The van der Waals surface area contributed by atoms with Crippen molar-refractivity contribution in [1.29, 1.82) is 0 Å². The van der Waals surface area contributed by atoms with Gasteiger partial charge in [-0.25, -0.2) is 4.98 Å². The van der Waals surface area contributed by atoms with Gasteiger partial charge in [-0.1, -0.05) is 11.6 Å². The zero-order valence-corrected chi connectivity index (χ0v) is 9.16. The van der Waals surface area contributed by atoms with E-state index in [2.05, 4.69) is 10.3 Å². The highest BCUT2D eigenvalue weighted by Crippen LogP contribution is 2.11. The summed E-state index contributed by atoms with van der Waals surface area (Å²) in [6, 6.07) is 3.17. The van der Waals surface area contributed by atoms with Crippen LogP contribution in [-0.2, 0) is 0 Å². The average molecular weight is 229 g/mol. The van der Waals surface area contributed by atoms with Crippen LogP contribution >= 0.6 is 11.6 Å². The number of aliphatic hydroxyl groups excluding tert-OH is 1. The number of nitrogens with one attached hydrogen (secondary N) is 1. The van der Waals surface area contributed by atoms with Gasteiger partial charge in [-0.15, -0.1) is 0 Å². The number of amides is 1. The van der Waals surface area contributed by atoms with Crippen molar-refractivity contribution in [3.05, 3.63) is 29.0 Å². The Morgan fingerprint density at radius 3 is 3.07 bits per heavy atom. The van der Waals surface area contributed by atoms with E-state index in [1.165, 1.54) is 6.20 Å². The van der Waals surface area contributed by atoms with Gasteiger partial charge < -0.3 is 10.4 Å². The molecule has 0 fully saturated rings. The van der Waals surface area contributed by atoms with Gasteiger partial charge in [0.05, 0.1) is 5.56 Å². The number of rotatable bonds is 4. The summed E-state index contributed by atoms with van der Waals surface area (Å²) in [5.41, 5.74) is 0.351. The molecule has 2 N–H and O–H groups in total. The number of hydrogen-bond donors (Lipinski definition) is 2. The van der Waals surface area contributed by atoms with E-state index in [1.54, 1.807) is 12.1 Å². The molecule has 1 amide bonds. The Morgan fingerprint density at radius 2 is 2.47 bits per heavy atom. The lowest BCUT2D eigenvalue weighted by Crippen LogP contribution is -2.33. The third kappa shape index (κ3) is 3.49. The molecule has 0 radical (unpaired) electrons. The molecule has 0 aliphatic rings. The molecule has 1 aromatic heterocycles. The molecule has 1 atom stereocenters. The Labute approximate surface area is 93.3 Å². The minimum Gasteiger partial charge on any atom is -0.396 e. The van der Waals surface area contributed by atoms with Crippen molar-refractivity contribution in [2.45, 2.75) is 19.4 Å². The number of aromatic nitrogens is 1. The maximum absolute atomic E-state index is 11.6. The summed E-state index contributed by atoms with van der Waals surface area (Å²) in [6.07, 6.45) is 2.04. The van der Waals surface area contributed by atoms with Crippen LogP contribution < -0.4 is 5.32 Å². The largest absolute Gasteiger partial charge is 0.396 e. The molecule has 82 valence electrons. The Bertz CT molecular complexity index is 344. The zero-order chi connectivity index (χ0) is 11.3. The van der Waals surface area contributed by atoms with Gasteiger partial charge in [-0.2, -0.15) is 0 Å². The van der Waals surface area contributed by atoms with Gasteiger partial charge in [0.1, 0.15) is 5.15 Å². The highest BCUT2D eigenvalue weighted by molar-refractivity contribution is 6.32. The Balaban J connectivity index is 2.65. The number of carbonyl (C=O) groups is 1. The maximum Gasteiger partial charge on any atom is 0.254 e. The van der Waals surface area contributed by atoms with E-state index in [0.29, 0.717) is 12.0 Å². The van der Waals surface area contributed by atoms with Crippen molar-refractivity contribution in [2.75, 3.05) is 6.61 Å². The van der Waals surface area contributed by atoms with Crippen molar-refractivity contribution in [1.82, 2.24) is 10.3 Å². The number of halogens is 1. The molecule has 15 heavy (non-hydrogen) atoms. The fourth-order valence-corrected chi connectivity index (χ4v) is 1.33. The first-order chi connectivity index (χ1) is 7.15. The van der Waals surface area contributed by atoms with Crippen molar-refractivity contribution in [2.24, 2.45) is 0 Å². The van der Waals surface area contributed by atoms with Crippen molar-refractivity contribution >= 4 is 17.5 Å². The second-order valence-corrected chi connectivity index (χ2v) is 3.59. The standard InChI is InChI=1S/C10H13ClN2O2/c1-7(4-6-14)13-10(15)8-3-2-5-12-9(8)11/h2-3,5,7,14H,4,6H2,1H3,(H,13,15). The minimum atomic E-state index is -0.269. The molecular formula is C10H13ClN2O2. The quantitative estimate of drug-likeness (QED) is 0.763. The van der Waals surface area contributed by atoms with E-state index >= 15 is 0 Å². The Morgan fingerprint density at radius 1 is 1.73 bits per heavy atom. The number of aliphatic hydroxyl groups is 1. The van der Waals surface area contributed by atoms with E-state index in [0.717, 1.165) is 0 Å². The van der Waals surface area contributed by atoms with Crippen LogP contribution in [0.5, 0.6) is 0 Å². The van der Waals surface area contributed by atoms with E-state index < -0.39 is 0 Å². The van der Waals surface area contributed by atoms with Crippen molar-refractivity contribution in [3.8, 4) is 0 Å². The second-order valence-electron chi connectivity index (χ2n) is 3.23. The first-order valence-electron chi connectivity index (χ1n) is 4.67. The van der Waals surface area contributed by atoms with Crippen molar-refractivity contribution < 1.29 is 9.90 Å². The first kappa shape index (κ1) is 11.9. The molecule has 0 saturated heterocycles. The normalized spacial score (nSPS) is 12.2. The fraction of sp³-hybridized carbons (Fsp3) is 0.400. The van der Waals surface area contributed by atoms with Gasteiger partial charge in [-0.05, 0) is 25.5 Å². The second kappa shape index (κ2) is 5.68. The van der Waals surface area contributed by atoms with Gasteiger partial charge in [0, 0.05) is 18.8 Å². The summed E-state index contributed by atoms with van der Waals surface area (Å²) in [5.74, 6) is -0.269. The topological polar surface area (TPSA) is 62.2 Å². The summed E-state index contributed by atoms with van der Waals surface area (Å²) in [6.45, 7) is 1.86. The van der Waals surface area contributed by atoms with E-state index in [4.69, 9.17) is 16.7 Å². The van der Waals surface area contributed by atoms with Gasteiger partial charge in [0.2, 0.25) is 0 Å². The zero-order valence-electron chi connectivity index (χ0n) is 8.40. The lowest BCUT2D eigenvalue weighted by Gasteiger charge is -2.12. The number of nitrogens with zero attached hydrogens (tertiary/aromatic N) is 1. The molecule has 0 saturated carbocycles. The SMILES string of the molecule is CC(CCO)NC(=O)c1cccnc1Cl. The summed E-state index contributed by atoms with van der Waals surface area (Å²) in [4.78, 5) is 15.4. The fourth-order valence-electron chi connectivity index (χ4n) is 1.12. The molecule has 0 aromatic carbocycles. The van der Waals surface area contributed by atoms with Crippen LogP contribution in [-0.4, -0.2) is 28.6 Å². The number of pyridine rings is 1. The molecule has 0 aliphatic heterocycles. The van der Waals surface area contributed by atoms with Crippen LogP contribution in [0.25, 0.3) is 0 Å². The maximum atomic E-state index is 11.6. The molecule has 1 unspecified atom stereocenters. The monoisotopic (exact) mass is 228 g/mol. The highest BCUT2D eigenvalue weighted by Gasteiger charge is 2.12. The lowest BCUT2D eigenvalue weighted by molar-refractivity contribution is 0.0934. The molecule has 5 heteroatoms. The average Bonchev–Trinajstić information content (AvgIpc) is 2.18. The van der Waals surface area contributed by atoms with Crippen LogP contribution in [0.1, 0.15) is 23.7 Å². The van der Waals surface area contributed by atoms with Crippen LogP contribution in [0.4, 0.5) is 0 Å². The molecule has 4 nitrogen and oxygen atoms in total. The smallest absolute Gasteiger partial charge is 0.254 e. The Kier molecular flexibility index (Phi) is 4.52. The summed E-state index contributed by atoms with van der Waals surface area (Å²) in [7, 11) is 0. The van der Waals surface area contributed by atoms with Crippen molar-refractivity contribution in [3.63, 3.8) is 0 Å². The number of carbonyl (C=O) groups excluding carboxylic acids is 1. The van der Waals surface area contributed by atoms with Crippen LogP contribution in [0.2, 0.25) is 5.15 Å². The molecule has 1 heterocycles. The Hall–Kier alpha value is -1.13. The molecular weight excluding hydrogens is 216 g/mol. The van der Waals surface area contributed by atoms with E-state index in [-0.39, 0.29) is 23.7 Å². The number of hydrogen-bond acceptors (Lipinski definition) is 3. The van der Waals surface area contributed by atoms with Gasteiger partial charge in [0.15, 0.2) is 0 Å². The van der Waals surface area contributed by atoms with Gasteiger partial charge in [-0.3, -0.25) is 4.79 Å². The minimum absolute atomic E-state index is 0.0439. The molecule has 0 spiro atoms. The van der Waals surface area contributed by atoms with Crippen LogP contribution in [0.15, 0.2) is 18.3 Å². The molecule has 0 bridgehead atoms. The van der Waals surface area contributed by atoms with E-state index in [9.17, 15) is 4.79 Å². The predicted octanol–water partition coefficient (Wildman–Crippen LogP) is 1.24. The van der Waals surface area contributed by atoms with Gasteiger partial charge >= 0.3 is 0 Å². The van der Waals surface area contributed by atoms with Crippen LogP contribution in [0, 0.1) is 0 Å². The third-order valence-electron chi connectivity index (χ3n) is 1.94. The molecule has 0 aliphatic carbocycles. The van der Waals surface area contributed by atoms with E-state index in [1.807, 2.05) is 6.92 Å². The summed E-state index contributed by atoms with van der Waals surface area (Å²) >= 11 is 5.76. The molecule has 1 rings (SSSR count). The third-order valence-corrected chi connectivity index (χ3v) is 2.24. The molecule has 1 aromatic rings. The summed E-state index contributed by atoms with van der Waals surface area (Å²) < 4.78 is 0. The predicted molar refractivity (Wildman–Crippen MR) is 57.9 cm³/mol.